The van der Waals surface area contributed by atoms with Crippen LogP contribution < -0.4 is 5.32 Å². The molecule has 0 saturated heterocycles. The zero-order valence-electron chi connectivity index (χ0n) is 18.3. The number of hydrogen-bond acceptors (Lipinski definition) is 2. The largest absolute Gasteiger partial charge is 0.386 e. The Morgan fingerprint density at radius 1 is 1.10 bits per heavy atom. The number of amides is 1. The number of rotatable bonds is 2. The van der Waals surface area contributed by atoms with Gasteiger partial charge in [0, 0.05) is 14.7 Å². The highest BCUT2D eigenvalue weighted by Gasteiger charge is 2.66. The van der Waals surface area contributed by atoms with Gasteiger partial charge in [0.05, 0.1) is 5.60 Å². The topological polar surface area (TPSA) is 49.3 Å². The Hall–Kier alpha value is -0.880. The average Bonchev–Trinajstić information content (AvgIpc) is 2.85. The molecular weight excluding hydrogens is 485 g/mol. The summed E-state index contributed by atoms with van der Waals surface area (Å²) in [6.45, 7) is 9.08. The lowest BCUT2D eigenvalue weighted by molar-refractivity contribution is -0.148. The van der Waals surface area contributed by atoms with E-state index < -0.39 is 5.60 Å². The monoisotopic (exact) mass is 519 g/mol. The second kappa shape index (κ2) is 6.81. The Bertz CT molecular complexity index is 897. The molecule has 2 N–H and O–H groups in total. The van der Waals surface area contributed by atoms with Crippen molar-refractivity contribution in [3.63, 3.8) is 0 Å². The Morgan fingerprint density at radius 2 is 1.80 bits per heavy atom. The van der Waals surface area contributed by atoms with Crippen LogP contribution in [0.15, 0.2) is 36.4 Å². The van der Waals surface area contributed by atoms with Gasteiger partial charge < -0.3 is 10.4 Å². The van der Waals surface area contributed by atoms with Crippen molar-refractivity contribution >= 4 is 28.5 Å². The first-order chi connectivity index (χ1) is 14.1. The highest BCUT2D eigenvalue weighted by molar-refractivity contribution is 14.1. The van der Waals surface area contributed by atoms with Crippen LogP contribution >= 0.6 is 22.6 Å². The van der Waals surface area contributed by atoms with E-state index in [-0.39, 0.29) is 22.3 Å². The molecule has 30 heavy (non-hydrogen) atoms. The smallest absolute Gasteiger partial charge is 0.251 e. The summed E-state index contributed by atoms with van der Waals surface area (Å²) in [5, 5.41) is 14.6. The number of aliphatic hydroxyl groups is 1. The van der Waals surface area contributed by atoms with Crippen molar-refractivity contribution < 1.29 is 9.90 Å². The molecule has 0 radical (unpaired) electrons. The van der Waals surface area contributed by atoms with Gasteiger partial charge in [-0.15, -0.1) is 0 Å². The zero-order chi connectivity index (χ0) is 21.4. The molecule has 4 saturated carbocycles. The van der Waals surface area contributed by atoms with E-state index in [1.807, 2.05) is 24.3 Å². The summed E-state index contributed by atoms with van der Waals surface area (Å²) in [5.41, 5.74) is 1.50. The second-order valence-electron chi connectivity index (χ2n) is 11.3. The molecule has 4 heteroatoms. The van der Waals surface area contributed by atoms with Gasteiger partial charge in [0.1, 0.15) is 0 Å². The van der Waals surface area contributed by atoms with Crippen LogP contribution in [-0.2, 0) is 0 Å². The molecule has 1 spiro atoms. The summed E-state index contributed by atoms with van der Waals surface area (Å²) >= 11 is 2.28. The van der Waals surface area contributed by atoms with Crippen LogP contribution in [0, 0.1) is 26.2 Å². The molecule has 1 aromatic rings. The maximum absolute atomic E-state index is 13.1. The number of carbonyl (C=O) groups is 1. The van der Waals surface area contributed by atoms with E-state index in [4.69, 9.17) is 0 Å². The van der Waals surface area contributed by atoms with Crippen LogP contribution in [0.5, 0.6) is 0 Å². The van der Waals surface area contributed by atoms with Crippen LogP contribution in [0.3, 0.4) is 0 Å². The minimum absolute atomic E-state index is 0.0608. The van der Waals surface area contributed by atoms with Gasteiger partial charge in [-0.25, -0.2) is 0 Å². The third-order valence-corrected chi connectivity index (χ3v) is 10.4. The van der Waals surface area contributed by atoms with Gasteiger partial charge in [-0.1, -0.05) is 19.9 Å². The lowest BCUT2D eigenvalue weighted by Gasteiger charge is -2.64. The highest BCUT2D eigenvalue weighted by Crippen LogP contribution is 2.71. The molecule has 0 heterocycles. The predicted molar refractivity (Wildman–Crippen MR) is 128 cm³/mol. The van der Waals surface area contributed by atoms with Gasteiger partial charge in [-0.05, 0) is 133 Å². The van der Waals surface area contributed by atoms with Crippen molar-refractivity contribution in [2.45, 2.75) is 82.8 Å². The minimum atomic E-state index is -0.614. The van der Waals surface area contributed by atoms with Crippen molar-refractivity contribution in [2.75, 3.05) is 0 Å². The maximum Gasteiger partial charge on any atom is 0.251 e. The highest BCUT2D eigenvalue weighted by atomic mass is 127. The SMILES string of the molecule is C=C1C[C@@]23CC[C@H]4[C@@](C)(CCC[C@@]4(C)NC(=O)c4ccc(I)cc4)[C@@H]2CC[C@]1(O)C3. The third kappa shape index (κ3) is 2.96. The van der Waals surface area contributed by atoms with Crippen molar-refractivity contribution in [1.29, 1.82) is 0 Å². The molecule has 4 aliphatic rings. The normalized spacial score (nSPS) is 44.9. The molecule has 4 aliphatic carbocycles. The third-order valence-electron chi connectivity index (χ3n) is 9.66. The number of nitrogens with one attached hydrogen (secondary N) is 1. The van der Waals surface area contributed by atoms with Crippen molar-refractivity contribution in [3.05, 3.63) is 45.6 Å². The fourth-order valence-electron chi connectivity index (χ4n) is 8.43. The summed E-state index contributed by atoms with van der Waals surface area (Å²) in [4.78, 5) is 13.1. The number of fused-ring (bicyclic) bond motifs is 3. The molecule has 3 nitrogen and oxygen atoms in total. The van der Waals surface area contributed by atoms with Gasteiger partial charge in [0.25, 0.3) is 5.91 Å². The Labute approximate surface area is 194 Å². The molecule has 6 atom stereocenters. The van der Waals surface area contributed by atoms with Gasteiger partial charge in [-0.3, -0.25) is 4.79 Å². The predicted octanol–water partition coefficient (Wildman–Crippen LogP) is 5.86. The Kier molecular flexibility index (Phi) is 4.76. The van der Waals surface area contributed by atoms with E-state index >= 15 is 0 Å². The Morgan fingerprint density at radius 3 is 2.53 bits per heavy atom. The van der Waals surface area contributed by atoms with Crippen LogP contribution in [0.2, 0.25) is 0 Å². The molecule has 0 aromatic heterocycles. The summed E-state index contributed by atoms with van der Waals surface area (Å²) < 4.78 is 1.15. The standard InChI is InChI=1S/C26H34INO2/c1-17-15-25-13-9-20-23(2,21(25)10-14-26(17,30)16-25)11-4-12-24(20,3)28-22(29)18-5-7-19(27)8-6-18/h5-8,20-21,30H,1,4,9-16H2,2-3H3,(H,28,29)/t20-,21-,23+,24+,25+,26-/m0/s1. The summed E-state index contributed by atoms with van der Waals surface area (Å²) in [5.74, 6) is 1.17. The minimum Gasteiger partial charge on any atom is -0.386 e. The molecule has 0 aliphatic heterocycles. The van der Waals surface area contributed by atoms with Crippen molar-refractivity contribution in [1.82, 2.24) is 5.32 Å². The molecule has 1 aromatic carbocycles. The summed E-state index contributed by atoms with van der Waals surface area (Å²) in [7, 11) is 0. The lowest BCUT2D eigenvalue weighted by Crippen LogP contribution is -2.64. The van der Waals surface area contributed by atoms with Crippen LogP contribution in [0.25, 0.3) is 0 Å². The fraction of sp³-hybridized carbons (Fsp3) is 0.654. The molecule has 4 fully saturated rings. The van der Waals surface area contributed by atoms with Crippen molar-refractivity contribution in [2.24, 2.45) is 22.7 Å². The maximum atomic E-state index is 13.1. The number of hydrogen-bond donors (Lipinski definition) is 2. The molecule has 162 valence electrons. The first-order valence-electron chi connectivity index (χ1n) is 11.6. The number of benzene rings is 1. The van der Waals surface area contributed by atoms with E-state index in [1.54, 1.807) is 0 Å². The fourth-order valence-corrected chi connectivity index (χ4v) is 8.79. The van der Waals surface area contributed by atoms with Crippen LogP contribution in [0.4, 0.5) is 0 Å². The Balaban J connectivity index is 1.43. The molecule has 2 bridgehead atoms. The van der Waals surface area contributed by atoms with Crippen LogP contribution in [-0.4, -0.2) is 22.2 Å². The molecular formula is C26H34INO2. The van der Waals surface area contributed by atoms with Crippen molar-refractivity contribution in [3.8, 4) is 0 Å². The van der Waals surface area contributed by atoms with Gasteiger partial charge in [0.15, 0.2) is 0 Å². The van der Waals surface area contributed by atoms with Gasteiger partial charge in [0.2, 0.25) is 0 Å². The lowest BCUT2D eigenvalue weighted by atomic mass is 9.42. The second-order valence-corrected chi connectivity index (χ2v) is 12.5. The van der Waals surface area contributed by atoms with E-state index in [2.05, 4.69) is 48.3 Å². The van der Waals surface area contributed by atoms with E-state index in [9.17, 15) is 9.90 Å². The first kappa shape index (κ1) is 21.0. The average molecular weight is 519 g/mol. The molecule has 5 rings (SSSR count). The molecule has 0 unspecified atom stereocenters. The quantitative estimate of drug-likeness (QED) is 0.380. The van der Waals surface area contributed by atoms with E-state index in [0.29, 0.717) is 11.8 Å². The number of halogens is 1. The molecule has 1 amide bonds. The first-order valence-corrected chi connectivity index (χ1v) is 12.7. The summed E-state index contributed by atoms with van der Waals surface area (Å²) in [6.07, 6.45) is 9.64. The van der Waals surface area contributed by atoms with Gasteiger partial charge >= 0.3 is 0 Å². The number of carbonyl (C=O) groups excluding carboxylic acids is 1. The van der Waals surface area contributed by atoms with E-state index in [1.165, 1.54) is 6.42 Å². The summed E-state index contributed by atoms with van der Waals surface area (Å²) in [6, 6.07) is 7.88. The van der Waals surface area contributed by atoms with Crippen LogP contribution in [0.1, 0.15) is 82.0 Å². The van der Waals surface area contributed by atoms with E-state index in [0.717, 1.165) is 66.1 Å². The van der Waals surface area contributed by atoms with Gasteiger partial charge in [-0.2, -0.15) is 0 Å². The zero-order valence-corrected chi connectivity index (χ0v) is 20.4.